The van der Waals surface area contributed by atoms with E-state index >= 15 is 0 Å². The molecule has 0 amide bonds. The van der Waals surface area contributed by atoms with Crippen molar-refractivity contribution < 1.29 is 4.42 Å². The molecule has 0 spiro atoms. The minimum Gasteiger partial charge on any atom is -0.439 e. The molecule has 5 heteroatoms. The van der Waals surface area contributed by atoms with E-state index in [1.54, 1.807) is 11.3 Å². The summed E-state index contributed by atoms with van der Waals surface area (Å²) in [5, 5.41) is 2.09. The molecule has 0 saturated heterocycles. The van der Waals surface area contributed by atoms with Crippen LogP contribution in [0.15, 0.2) is 15.9 Å². The zero-order valence-corrected chi connectivity index (χ0v) is 12.4. The highest BCUT2D eigenvalue weighted by Crippen LogP contribution is 2.30. The summed E-state index contributed by atoms with van der Waals surface area (Å²) < 4.78 is 7.90. The lowest BCUT2D eigenvalue weighted by Gasteiger charge is -2.20. The Morgan fingerprint density at radius 3 is 2.94 bits per heavy atom. The topological polar surface area (TPSA) is 16.4 Å². The van der Waals surface area contributed by atoms with Gasteiger partial charge >= 0.3 is 0 Å². The van der Waals surface area contributed by atoms with E-state index in [1.165, 1.54) is 0 Å². The van der Waals surface area contributed by atoms with Crippen molar-refractivity contribution in [2.24, 2.45) is 0 Å². The first kappa shape index (κ1) is 12.9. The molecule has 92 valence electrons. The normalized spacial score (nSPS) is 11.0. The van der Waals surface area contributed by atoms with Gasteiger partial charge in [0.25, 0.3) is 0 Å². The summed E-state index contributed by atoms with van der Waals surface area (Å²) in [4.78, 5) is 2.15. The maximum atomic E-state index is 5.95. The molecule has 0 aromatic carbocycles. The van der Waals surface area contributed by atoms with E-state index in [9.17, 15) is 0 Å². The van der Waals surface area contributed by atoms with Crippen LogP contribution in [0.25, 0.3) is 10.3 Å². The summed E-state index contributed by atoms with van der Waals surface area (Å²) in [5.74, 6) is 1.65. The smallest absolute Gasteiger partial charge is 0.197 e. The standard InChI is InChI=1S/C12H15NOS3/c1-3-13(4-5-15)10-6-9(16)12-11(14-10)8(2)7-17-12/h6-7,15H,3-5H2,1-2H3. The molecule has 0 radical (unpaired) electrons. The molecule has 0 aliphatic heterocycles. The second kappa shape index (κ2) is 5.42. The molecule has 0 bridgehead atoms. The molecule has 2 aromatic heterocycles. The Balaban J connectivity index is 2.55. The number of nitrogens with zero attached hydrogens (tertiary/aromatic N) is 1. The van der Waals surface area contributed by atoms with Gasteiger partial charge in [-0.05, 0) is 19.2 Å². The Kier molecular flexibility index (Phi) is 4.12. The third-order valence-electron chi connectivity index (χ3n) is 2.67. The molecule has 0 aliphatic rings. The monoisotopic (exact) mass is 285 g/mol. The van der Waals surface area contributed by atoms with Gasteiger partial charge in [0.2, 0.25) is 0 Å². The first-order valence-electron chi connectivity index (χ1n) is 5.55. The zero-order valence-electron chi connectivity index (χ0n) is 9.90. The van der Waals surface area contributed by atoms with Crippen molar-refractivity contribution in [3.63, 3.8) is 0 Å². The van der Waals surface area contributed by atoms with E-state index in [0.29, 0.717) is 0 Å². The van der Waals surface area contributed by atoms with Gasteiger partial charge in [-0.1, -0.05) is 12.2 Å². The number of rotatable bonds is 4. The van der Waals surface area contributed by atoms with Crippen molar-refractivity contribution in [1.82, 2.24) is 0 Å². The number of aryl methyl sites for hydroxylation is 1. The van der Waals surface area contributed by atoms with Crippen molar-refractivity contribution in [2.45, 2.75) is 13.8 Å². The summed E-state index contributed by atoms with van der Waals surface area (Å²) in [7, 11) is 0. The molecule has 0 aliphatic carbocycles. The number of fused-ring (bicyclic) bond motifs is 1. The first-order chi connectivity index (χ1) is 8.17. The van der Waals surface area contributed by atoms with E-state index < -0.39 is 0 Å². The molecule has 0 unspecified atom stereocenters. The highest BCUT2D eigenvalue weighted by Gasteiger charge is 2.11. The third kappa shape index (κ3) is 2.51. The fraction of sp³-hybridized carbons (Fsp3) is 0.417. The molecule has 17 heavy (non-hydrogen) atoms. The summed E-state index contributed by atoms with van der Waals surface area (Å²) in [6, 6.07) is 1.94. The molecule has 2 rings (SSSR count). The molecular weight excluding hydrogens is 270 g/mol. The van der Waals surface area contributed by atoms with Crippen LogP contribution in [-0.4, -0.2) is 18.8 Å². The van der Waals surface area contributed by atoms with Gasteiger partial charge in [-0.25, -0.2) is 0 Å². The summed E-state index contributed by atoms with van der Waals surface area (Å²) in [6.07, 6.45) is 0. The molecule has 0 atom stereocenters. The molecule has 0 N–H and O–H groups in total. The molecular formula is C12H15NOS3. The van der Waals surface area contributed by atoms with Gasteiger partial charge in [-0.3, -0.25) is 0 Å². The Hall–Kier alpha value is -0.520. The van der Waals surface area contributed by atoms with Gasteiger partial charge < -0.3 is 9.32 Å². The summed E-state index contributed by atoms with van der Waals surface area (Å²) in [6.45, 7) is 5.92. The fourth-order valence-corrected chi connectivity index (χ4v) is 3.21. The number of anilines is 1. The van der Waals surface area contributed by atoms with Crippen LogP contribution in [0.1, 0.15) is 12.5 Å². The Morgan fingerprint density at radius 2 is 2.29 bits per heavy atom. The Morgan fingerprint density at radius 1 is 1.53 bits per heavy atom. The number of hydrogen-bond donors (Lipinski definition) is 1. The molecule has 2 aromatic rings. The molecule has 2 heterocycles. The Labute approximate surface area is 116 Å². The highest BCUT2D eigenvalue weighted by atomic mass is 32.1. The van der Waals surface area contributed by atoms with Crippen molar-refractivity contribution in [2.75, 3.05) is 23.7 Å². The van der Waals surface area contributed by atoms with Gasteiger partial charge in [0, 0.05) is 30.5 Å². The quantitative estimate of drug-likeness (QED) is 0.667. The second-order valence-corrected chi connectivity index (χ2v) is 5.60. The summed E-state index contributed by atoms with van der Waals surface area (Å²) >= 11 is 11.3. The number of hydrogen-bond acceptors (Lipinski definition) is 5. The maximum Gasteiger partial charge on any atom is 0.197 e. The molecule has 0 fully saturated rings. The minimum atomic E-state index is 0.802. The fourth-order valence-electron chi connectivity index (χ4n) is 1.74. The van der Waals surface area contributed by atoms with Crippen LogP contribution in [0.4, 0.5) is 5.88 Å². The maximum absolute atomic E-state index is 5.95. The Bertz CT molecular complexity index is 573. The number of thiophene rings is 1. The SMILES string of the molecule is CCN(CCS)c1cc(=S)c2scc(C)c2o1. The van der Waals surface area contributed by atoms with Crippen molar-refractivity contribution in [1.29, 1.82) is 0 Å². The van der Waals surface area contributed by atoms with Gasteiger partial charge in [0.05, 0.1) is 9.21 Å². The van der Waals surface area contributed by atoms with Crippen molar-refractivity contribution in [3.8, 4) is 0 Å². The second-order valence-electron chi connectivity index (χ2n) is 3.83. The van der Waals surface area contributed by atoms with E-state index in [2.05, 4.69) is 36.8 Å². The summed E-state index contributed by atoms with van der Waals surface area (Å²) in [5.41, 5.74) is 2.08. The largest absolute Gasteiger partial charge is 0.439 e. The predicted octanol–water partition coefficient (Wildman–Crippen LogP) is 4.29. The van der Waals surface area contributed by atoms with Crippen LogP contribution in [0, 0.1) is 11.4 Å². The van der Waals surface area contributed by atoms with Crippen LogP contribution in [0.2, 0.25) is 0 Å². The van der Waals surface area contributed by atoms with Crippen molar-refractivity contribution in [3.05, 3.63) is 21.5 Å². The van der Waals surface area contributed by atoms with Crippen LogP contribution in [-0.2, 0) is 0 Å². The van der Waals surface area contributed by atoms with Gasteiger partial charge in [0.1, 0.15) is 0 Å². The lowest BCUT2D eigenvalue weighted by Crippen LogP contribution is -2.24. The lowest BCUT2D eigenvalue weighted by molar-refractivity contribution is 0.578. The van der Waals surface area contributed by atoms with Crippen LogP contribution >= 0.6 is 36.2 Å². The first-order valence-corrected chi connectivity index (χ1v) is 7.47. The van der Waals surface area contributed by atoms with E-state index in [1.807, 2.05) is 6.07 Å². The van der Waals surface area contributed by atoms with E-state index in [0.717, 1.165) is 45.1 Å². The van der Waals surface area contributed by atoms with Gasteiger partial charge in [0.15, 0.2) is 11.5 Å². The van der Waals surface area contributed by atoms with E-state index in [-0.39, 0.29) is 0 Å². The van der Waals surface area contributed by atoms with Gasteiger partial charge in [-0.15, -0.1) is 11.3 Å². The highest BCUT2D eigenvalue weighted by molar-refractivity contribution is 7.80. The average molecular weight is 285 g/mol. The van der Waals surface area contributed by atoms with E-state index in [4.69, 9.17) is 16.6 Å². The number of thiol groups is 1. The van der Waals surface area contributed by atoms with Crippen LogP contribution in [0.3, 0.4) is 0 Å². The van der Waals surface area contributed by atoms with Crippen LogP contribution < -0.4 is 4.90 Å². The molecule has 0 saturated carbocycles. The minimum absolute atomic E-state index is 0.802. The van der Waals surface area contributed by atoms with Gasteiger partial charge in [-0.2, -0.15) is 12.6 Å². The lowest BCUT2D eigenvalue weighted by atomic mass is 10.3. The van der Waals surface area contributed by atoms with Crippen molar-refractivity contribution >= 4 is 52.4 Å². The predicted molar refractivity (Wildman–Crippen MR) is 81.4 cm³/mol. The average Bonchev–Trinajstić information content (AvgIpc) is 2.69. The third-order valence-corrected chi connectivity index (χ3v) is 4.43. The molecule has 2 nitrogen and oxygen atoms in total. The zero-order chi connectivity index (χ0) is 12.4. The van der Waals surface area contributed by atoms with Crippen LogP contribution in [0.5, 0.6) is 0 Å².